The first-order valence-corrected chi connectivity index (χ1v) is 7.34. The van der Waals surface area contributed by atoms with Gasteiger partial charge in [0.2, 0.25) is 0 Å². The minimum absolute atomic E-state index is 0.151. The first kappa shape index (κ1) is 12.6. The van der Waals surface area contributed by atoms with Crippen LogP contribution >= 0.6 is 0 Å². The Kier molecular flexibility index (Phi) is 2.68. The fourth-order valence-electron chi connectivity index (χ4n) is 3.88. The van der Waals surface area contributed by atoms with Crippen molar-refractivity contribution in [3.63, 3.8) is 0 Å². The van der Waals surface area contributed by atoms with Crippen LogP contribution in [0.2, 0.25) is 0 Å². The first-order chi connectivity index (χ1) is 10.1. The average Bonchev–Trinajstić information content (AvgIpc) is 2.83. The highest BCUT2D eigenvalue weighted by molar-refractivity contribution is 6.00. The van der Waals surface area contributed by atoms with Crippen molar-refractivity contribution in [3.8, 4) is 0 Å². The molecule has 21 heavy (non-hydrogen) atoms. The maximum atomic E-state index is 12.4. The molecule has 4 heterocycles. The highest BCUT2D eigenvalue weighted by Crippen LogP contribution is 2.36. The maximum Gasteiger partial charge on any atom is 0.337 e. The van der Waals surface area contributed by atoms with Gasteiger partial charge >= 0.3 is 11.7 Å². The number of para-hydroxylation sites is 1. The number of hydrogen-bond acceptors (Lipinski definition) is 3. The number of carbonyl (C=O) groups is 1. The SMILES string of the molecule is O=C(O)c1cccc2c1[nH]c(=O)n2C1CN2CCC1CC2. The van der Waals surface area contributed by atoms with E-state index in [4.69, 9.17) is 0 Å². The number of carboxylic acids is 1. The summed E-state index contributed by atoms with van der Waals surface area (Å²) in [6.07, 6.45) is 2.23. The molecule has 1 aromatic heterocycles. The van der Waals surface area contributed by atoms with Crippen molar-refractivity contribution in [2.75, 3.05) is 19.6 Å². The van der Waals surface area contributed by atoms with E-state index >= 15 is 0 Å². The quantitative estimate of drug-likeness (QED) is 0.872. The number of nitrogens with zero attached hydrogens (tertiary/aromatic N) is 2. The number of benzene rings is 1. The third-order valence-electron chi connectivity index (χ3n) is 4.94. The Bertz CT molecular complexity index is 768. The second-order valence-electron chi connectivity index (χ2n) is 6.01. The maximum absolute atomic E-state index is 12.4. The monoisotopic (exact) mass is 287 g/mol. The van der Waals surface area contributed by atoms with Crippen LogP contribution in [-0.4, -0.2) is 45.2 Å². The van der Waals surface area contributed by atoms with Crippen LogP contribution in [0, 0.1) is 5.92 Å². The number of rotatable bonds is 2. The van der Waals surface area contributed by atoms with Gasteiger partial charge in [-0.1, -0.05) is 6.07 Å². The highest BCUT2D eigenvalue weighted by Gasteiger charge is 2.36. The molecule has 1 aromatic carbocycles. The fourth-order valence-corrected chi connectivity index (χ4v) is 3.88. The Labute approximate surface area is 121 Å². The van der Waals surface area contributed by atoms with E-state index in [1.54, 1.807) is 10.6 Å². The van der Waals surface area contributed by atoms with Gasteiger partial charge in [-0.25, -0.2) is 9.59 Å². The molecule has 0 saturated carbocycles. The average molecular weight is 287 g/mol. The van der Waals surface area contributed by atoms with Crippen LogP contribution in [0.4, 0.5) is 0 Å². The van der Waals surface area contributed by atoms with Gasteiger partial charge in [0.25, 0.3) is 0 Å². The molecular weight excluding hydrogens is 270 g/mol. The minimum Gasteiger partial charge on any atom is -0.478 e. The van der Waals surface area contributed by atoms with Gasteiger partial charge < -0.3 is 15.0 Å². The Morgan fingerprint density at radius 1 is 1.29 bits per heavy atom. The number of piperidine rings is 3. The van der Waals surface area contributed by atoms with Crippen molar-refractivity contribution >= 4 is 17.0 Å². The molecule has 3 saturated heterocycles. The Morgan fingerprint density at radius 2 is 2.05 bits per heavy atom. The van der Waals surface area contributed by atoms with Gasteiger partial charge in [-0.2, -0.15) is 0 Å². The van der Waals surface area contributed by atoms with E-state index in [0.29, 0.717) is 17.0 Å². The second kappa shape index (κ2) is 4.46. The van der Waals surface area contributed by atoms with Crippen LogP contribution in [0.3, 0.4) is 0 Å². The molecule has 1 unspecified atom stereocenters. The second-order valence-corrected chi connectivity index (χ2v) is 6.01. The third kappa shape index (κ3) is 1.82. The van der Waals surface area contributed by atoms with Gasteiger partial charge in [-0.05, 0) is 44.0 Å². The van der Waals surface area contributed by atoms with Crippen LogP contribution in [0.5, 0.6) is 0 Å². The summed E-state index contributed by atoms with van der Waals surface area (Å²) >= 11 is 0. The fraction of sp³-hybridized carbons (Fsp3) is 0.467. The zero-order valence-corrected chi connectivity index (χ0v) is 11.6. The van der Waals surface area contributed by atoms with Crippen LogP contribution in [0.15, 0.2) is 23.0 Å². The predicted octanol–water partition coefficient (Wildman–Crippen LogP) is 1.29. The Balaban J connectivity index is 1.90. The number of aromatic carboxylic acids is 1. The molecule has 0 amide bonds. The van der Waals surface area contributed by atoms with Crippen molar-refractivity contribution in [1.82, 2.24) is 14.5 Å². The van der Waals surface area contributed by atoms with Crippen LogP contribution in [0.1, 0.15) is 29.2 Å². The number of nitrogens with one attached hydrogen (secondary N) is 1. The van der Waals surface area contributed by atoms with E-state index in [9.17, 15) is 14.7 Å². The number of aromatic nitrogens is 2. The summed E-state index contributed by atoms with van der Waals surface area (Å²) < 4.78 is 1.78. The van der Waals surface area contributed by atoms with Crippen LogP contribution in [0.25, 0.3) is 11.0 Å². The molecule has 0 radical (unpaired) electrons. The molecular formula is C15H17N3O3. The number of carboxylic acid groups (broad SMARTS) is 1. The predicted molar refractivity (Wildman–Crippen MR) is 77.7 cm³/mol. The zero-order chi connectivity index (χ0) is 14.6. The number of H-pyrrole nitrogens is 1. The molecule has 110 valence electrons. The lowest BCUT2D eigenvalue weighted by Crippen LogP contribution is -2.49. The molecule has 2 aromatic rings. The molecule has 3 aliphatic heterocycles. The molecule has 2 bridgehead atoms. The van der Waals surface area contributed by atoms with Gasteiger partial charge in [0, 0.05) is 6.54 Å². The van der Waals surface area contributed by atoms with Crippen molar-refractivity contribution in [3.05, 3.63) is 34.2 Å². The lowest BCUT2D eigenvalue weighted by atomic mass is 9.84. The summed E-state index contributed by atoms with van der Waals surface area (Å²) in [7, 11) is 0. The summed E-state index contributed by atoms with van der Waals surface area (Å²) in [5.74, 6) is -0.497. The number of hydrogen-bond donors (Lipinski definition) is 2. The molecule has 3 aliphatic rings. The minimum atomic E-state index is -1.01. The molecule has 6 heteroatoms. The van der Waals surface area contributed by atoms with Gasteiger partial charge in [-0.15, -0.1) is 0 Å². The van der Waals surface area contributed by atoms with Crippen molar-refractivity contribution in [1.29, 1.82) is 0 Å². The van der Waals surface area contributed by atoms with Gasteiger partial charge in [0.1, 0.15) is 0 Å². The number of aromatic amines is 1. The van der Waals surface area contributed by atoms with E-state index in [-0.39, 0.29) is 17.3 Å². The van der Waals surface area contributed by atoms with Gasteiger partial charge in [-0.3, -0.25) is 4.57 Å². The molecule has 5 rings (SSSR count). The van der Waals surface area contributed by atoms with Crippen molar-refractivity contribution in [2.24, 2.45) is 5.92 Å². The van der Waals surface area contributed by atoms with Gasteiger partial charge in [0.05, 0.1) is 22.6 Å². The summed E-state index contributed by atoms with van der Waals surface area (Å²) in [5.41, 5.74) is 1.10. The number of imidazole rings is 1. The lowest BCUT2D eigenvalue weighted by Gasteiger charge is -2.45. The normalized spacial score (nSPS) is 28.1. The van der Waals surface area contributed by atoms with Crippen molar-refractivity contribution in [2.45, 2.75) is 18.9 Å². The summed E-state index contributed by atoms with van der Waals surface area (Å²) in [4.78, 5) is 28.8. The van der Waals surface area contributed by atoms with E-state index in [1.807, 2.05) is 6.07 Å². The standard InChI is InChI=1S/C15H17N3O3/c19-14(20)10-2-1-3-11-13(10)16-15(21)18(11)12-8-17-6-4-9(12)5-7-17/h1-3,9,12H,4-8H2,(H,16,21)(H,19,20). The topological polar surface area (TPSA) is 78.3 Å². The largest absolute Gasteiger partial charge is 0.478 e. The molecule has 2 N–H and O–H groups in total. The van der Waals surface area contributed by atoms with Crippen LogP contribution in [-0.2, 0) is 0 Å². The van der Waals surface area contributed by atoms with E-state index in [0.717, 1.165) is 32.5 Å². The van der Waals surface area contributed by atoms with Gasteiger partial charge in [0.15, 0.2) is 0 Å². The molecule has 0 spiro atoms. The Morgan fingerprint density at radius 3 is 2.67 bits per heavy atom. The van der Waals surface area contributed by atoms with E-state index in [2.05, 4.69) is 9.88 Å². The smallest absolute Gasteiger partial charge is 0.337 e. The van der Waals surface area contributed by atoms with E-state index < -0.39 is 5.97 Å². The summed E-state index contributed by atoms with van der Waals surface area (Å²) in [6.45, 7) is 3.10. The Hall–Kier alpha value is -2.08. The van der Waals surface area contributed by atoms with Crippen molar-refractivity contribution < 1.29 is 9.90 Å². The van der Waals surface area contributed by atoms with Crippen LogP contribution < -0.4 is 5.69 Å². The zero-order valence-electron chi connectivity index (χ0n) is 11.6. The summed E-state index contributed by atoms with van der Waals surface area (Å²) in [5, 5.41) is 9.26. The molecule has 1 atom stereocenters. The first-order valence-electron chi connectivity index (χ1n) is 7.34. The number of fused-ring (bicyclic) bond motifs is 4. The van der Waals surface area contributed by atoms with E-state index in [1.165, 1.54) is 6.07 Å². The molecule has 0 aliphatic carbocycles. The highest BCUT2D eigenvalue weighted by atomic mass is 16.4. The lowest BCUT2D eigenvalue weighted by molar-refractivity contribution is 0.0574. The molecule has 3 fully saturated rings. The molecule has 6 nitrogen and oxygen atoms in total. The summed E-state index contributed by atoms with van der Waals surface area (Å²) in [6, 6.07) is 5.22. The third-order valence-corrected chi connectivity index (χ3v) is 4.94.